The number of hydrogen-bond acceptors (Lipinski definition) is 5. The molecule has 2 saturated heterocycles. The highest BCUT2D eigenvalue weighted by Gasteiger charge is 2.47. The molecule has 3 aliphatic rings. The highest BCUT2D eigenvalue weighted by molar-refractivity contribution is 7.98. The molecule has 0 amide bonds. The maximum absolute atomic E-state index is 12.6. The van der Waals surface area contributed by atoms with E-state index in [2.05, 4.69) is 18.2 Å². The van der Waals surface area contributed by atoms with Crippen LogP contribution < -0.4 is 0 Å². The molecule has 4 nitrogen and oxygen atoms in total. The number of thioether (sulfide) groups is 1. The van der Waals surface area contributed by atoms with E-state index in [4.69, 9.17) is 9.47 Å². The first-order chi connectivity index (χ1) is 11.2. The van der Waals surface area contributed by atoms with Crippen LogP contribution in [0.5, 0.6) is 0 Å². The number of rotatable bonds is 6. The van der Waals surface area contributed by atoms with Crippen molar-refractivity contribution in [1.29, 1.82) is 0 Å². The summed E-state index contributed by atoms with van der Waals surface area (Å²) in [5.74, 6) is 1.26. The Balaban J connectivity index is 1.61. The molecule has 3 rings (SSSR count). The van der Waals surface area contributed by atoms with Gasteiger partial charge in [0.05, 0.1) is 18.5 Å². The highest BCUT2D eigenvalue weighted by atomic mass is 32.2. The van der Waals surface area contributed by atoms with Crippen LogP contribution in [0.1, 0.15) is 51.4 Å². The lowest BCUT2D eigenvalue weighted by atomic mass is 9.87. The maximum Gasteiger partial charge on any atom is 0.309 e. The Morgan fingerprint density at radius 2 is 1.96 bits per heavy atom. The van der Waals surface area contributed by atoms with E-state index >= 15 is 0 Å². The van der Waals surface area contributed by atoms with Crippen LogP contribution in [-0.2, 0) is 14.3 Å². The number of esters is 1. The zero-order valence-electron chi connectivity index (χ0n) is 14.5. The van der Waals surface area contributed by atoms with Crippen molar-refractivity contribution >= 4 is 17.7 Å². The van der Waals surface area contributed by atoms with Crippen molar-refractivity contribution in [2.45, 2.75) is 69.6 Å². The van der Waals surface area contributed by atoms with Gasteiger partial charge in [0.25, 0.3) is 0 Å². The molecule has 5 heteroatoms. The number of carbonyl (C=O) groups is 1. The molecule has 0 aromatic carbocycles. The molecule has 23 heavy (non-hydrogen) atoms. The smallest absolute Gasteiger partial charge is 0.309 e. The Kier molecular flexibility index (Phi) is 6.27. The van der Waals surface area contributed by atoms with E-state index in [1.54, 1.807) is 11.8 Å². The SMILES string of the molecule is CSCOCC1C2CC[C@H](C[C@@H]1OC(=O)C1CCCCC1)N2C. The van der Waals surface area contributed by atoms with Crippen LogP contribution in [0.2, 0.25) is 0 Å². The predicted octanol–water partition coefficient (Wildman–Crippen LogP) is 3.30. The van der Waals surface area contributed by atoms with Crippen molar-refractivity contribution in [2.24, 2.45) is 11.8 Å². The summed E-state index contributed by atoms with van der Waals surface area (Å²) in [5, 5.41) is 0. The molecule has 0 radical (unpaired) electrons. The van der Waals surface area contributed by atoms with Crippen LogP contribution in [0.15, 0.2) is 0 Å². The number of nitrogens with zero attached hydrogens (tertiary/aromatic N) is 1. The third kappa shape index (κ3) is 4.05. The van der Waals surface area contributed by atoms with Gasteiger partial charge in [-0.15, -0.1) is 11.8 Å². The number of ether oxygens (including phenoxy) is 2. The normalized spacial score (nSPS) is 35.4. The first-order valence-corrected chi connectivity index (χ1v) is 10.6. The second-order valence-corrected chi connectivity index (χ2v) is 8.26. The lowest BCUT2D eigenvalue weighted by Gasteiger charge is -2.42. The summed E-state index contributed by atoms with van der Waals surface area (Å²) in [7, 11) is 2.23. The van der Waals surface area contributed by atoms with Crippen LogP contribution in [0.25, 0.3) is 0 Å². The lowest BCUT2D eigenvalue weighted by molar-refractivity contribution is -0.165. The van der Waals surface area contributed by atoms with E-state index in [0.29, 0.717) is 24.6 Å². The summed E-state index contributed by atoms with van der Waals surface area (Å²) in [6, 6.07) is 1.10. The average Bonchev–Trinajstić information content (AvgIpc) is 2.82. The van der Waals surface area contributed by atoms with Crippen molar-refractivity contribution in [3.05, 3.63) is 0 Å². The quantitative estimate of drug-likeness (QED) is 0.421. The summed E-state index contributed by atoms with van der Waals surface area (Å²) >= 11 is 1.70. The number of carbonyl (C=O) groups excluding carboxylic acids is 1. The van der Waals surface area contributed by atoms with E-state index < -0.39 is 0 Å². The summed E-state index contributed by atoms with van der Waals surface area (Å²) in [4.78, 5) is 15.1. The predicted molar refractivity (Wildman–Crippen MR) is 93.5 cm³/mol. The third-order valence-corrected chi connectivity index (χ3v) is 6.49. The fraction of sp³-hybridized carbons (Fsp3) is 0.944. The molecule has 4 atom stereocenters. The van der Waals surface area contributed by atoms with Crippen LogP contribution >= 0.6 is 11.8 Å². The molecule has 1 saturated carbocycles. The van der Waals surface area contributed by atoms with Gasteiger partial charge in [-0.25, -0.2) is 0 Å². The Hall–Kier alpha value is -0.260. The molecule has 3 fully saturated rings. The van der Waals surface area contributed by atoms with Gasteiger partial charge in [-0.2, -0.15) is 0 Å². The summed E-state index contributed by atoms with van der Waals surface area (Å²) in [6.07, 6.45) is 11.2. The molecular weight excluding hydrogens is 310 g/mol. The standard InChI is InChI=1S/C18H31NO3S/c1-19-14-8-9-16(19)15(11-21-12-23-2)17(10-14)22-18(20)13-6-4-3-5-7-13/h13-17H,3-12H2,1-2H3/t14-,15?,16?,17+/m1/s1. The van der Waals surface area contributed by atoms with Gasteiger partial charge in [0.15, 0.2) is 0 Å². The first kappa shape index (κ1) is 17.6. The van der Waals surface area contributed by atoms with E-state index in [1.165, 1.54) is 32.1 Å². The Morgan fingerprint density at radius 3 is 2.70 bits per heavy atom. The second kappa shape index (κ2) is 8.21. The Labute approximate surface area is 144 Å². The zero-order chi connectivity index (χ0) is 16.2. The summed E-state index contributed by atoms with van der Waals surface area (Å²) in [5.41, 5.74) is 0. The van der Waals surface area contributed by atoms with Crippen molar-refractivity contribution < 1.29 is 14.3 Å². The van der Waals surface area contributed by atoms with Gasteiger partial charge in [-0.3, -0.25) is 9.69 Å². The molecule has 2 heterocycles. The molecular formula is C18H31NO3S. The van der Waals surface area contributed by atoms with Crippen LogP contribution in [0.3, 0.4) is 0 Å². The van der Waals surface area contributed by atoms with E-state index in [0.717, 1.165) is 25.2 Å². The zero-order valence-corrected chi connectivity index (χ0v) is 15.4. The fourth-order valence-corrected chi connectivity index (χ4v) is 5.00. The van der Waals surface area contributed by atoms with Gasteiger partial charge in [-0.1, -0.05) is 19.3 Å². The second-order valence-electron chi connectivity index (χ2n) is 7.45. The van der Waals surface area contributed by atoms with Gasteiger partial charge >= 0.3 is 5.97 Å². The highest BCUT2D eigenvalue weighted by Crippen LogP contribution is 2.40. The minimum Gasteiger partial charge on any atom is -0.462 e. The number of piperidine rings is 1. The van der Waals surface area contributed by atoms with Crippen LogP contribution in [0, 0.1) is 11.8 Å². The summed E-state index contributed by atoms with van der Waals surface area (Å²) < 4.78 is 11.9. The third-order valence-electron chi connectivity index (χ3n) is 6.09. The van der Waals surface area contributed by atoms with E-state index in [9.17, 15) is 4.79 Å². The van der Waals surface area contributed by atoms with Gasteiger partial charge < -0.3 is 9.47 Å². The molecule has 2 unspecified atom stereocenters. The first-order valence-electron chi connectivity index (χ1n) is 9.19. The van der Waals surface area contributed by atoms with Crippen LogP contribution in [-0.4, -0.2) is 54.9 Å². The number of hydrogen-bond donors (Lipinski definition) is 0. The van der Waals surface area contributed by atoms with Crippen molar-refractivity contribution in [3.63, 3.8) is 0 Å². The van der Waals surface area contributed by atoms with Gasteiger partial charge in [0.1, 0.15) is 6.10 Å². The molecule has 0 N–H and O–H groups in total. The lowest BCUT2D eigenvalue weighted by Crippen LogP contribution is -2.52. The van der Waals surface area contributed by atoms with Gasteiger partial charge in [0, 0.05) is 24.4 Å². The minimum atomic E-state index is 0.0555. The van der Waals surface area contributed by atoms with Crippen LogP contribution in [0.4, 0.5) is 0 Å². The molecule has 2 aliphatic heterocycles. The molecule has 0 spiro atoms. The molecule has 0 aromatic rings. The van der Waals surface area contributed by atoms with Crippen molar-refractivity contribution in [2.75, 3.05) is 25.8 Å². The van der Waals surface area contributed by atoms with Gasteiger partial charge in [0.2, 0.25) is 0 Å². The summed E-state index contributed by atoms with van der Waals surface area (Å²) in [6.45, 7) is 0.713. The Morgan fingerprint density at radius 1 is 1.17 bits per heavy atom. The van der Waals surface area contributed by atoms with Gasteiger partial charge in [-0.05, 0) is 39.0 Å². The van der Waals surface area contributed by atoms with Crippen molar-refractivity contribution in [3.8, 4) is 0 Å². The molecule has 0 aromatic heterocycles. The minimum absolute atomic E-state index is 0.0555. The monoisotopic (exact) mass is 341 g/mol. The maximum atomic E-state index is 12.6. The fourth-order valence-electron chi connectivity index (χ4n) is 4.74. The molecule has 1 aliphatic carbocycles. The molecule has 2 bridgehead atoms. The van der Waals surface area contributed by atoms with E-state index in [1.807, 2.05) is 0 Å². The largest absolute Gasteiger partial charge is 0.462 e. The number of fused-ring (bicyclic) bond motifs is 2. The topological polar surface area (TPSA) is 38.8 Å². The molecule has 132 valence electrons. The van der Waals surface area contributed by atoms with E-state index in [-0.39, 0.29) is 18.0 Å². The average molecular weight is 342 g/mol. The van der Waals surface area contributed by atoms with Crippen molar-refractivity contribution in [1.82, 2.24) is 4.90 Å². The Bertz CT molecular complexity index is 400.